The highest BCUT2D eigenvalue weighted by Gasteiger charge is 2.38. The number of unbranched alkanes of at least 4 members (excludes halogenated alkanes) is 5. The van der Waals surface area contributed by atoms with E-state index in [1.165, 1.54) is 44.9 Å². The molecule has 0 rings (SSSR count). The first kappa shape index (κ1) is 24.9. The van der Waals surface area contributed by atoms with Crippen molar-refractivity contribution < 1.29 is 9.84 Å². The molecule has 0 fully saturated rings. The fourth-order valence-electron chi connectivity index (χ4n) is 4.07. The van der Waals surface area contributed by atoms with Gasteiger partial charge in [-0.15, -0.1) is 0 Å². The highest BCUT2D eigenvalue weighted by molar-refractivity contribution is 4.88. The maximum absolute atomic E-state index is 9.19. The third-order valence-electron chi connectivity index (χ3n) is 5.77. The molecule has 1 N–H and O–H groups in total. The van der Waals surface area contributed by atoms with Gasteiger partial charge in [-0.3, -0.25) is 0 Å². The van der Waals surface area contributed by atoms with Crippen LogP contribution in [0.4, 0.5) is 0 Å². The Morgan fingerprint density at radius 2 is 1.36 bits per heavy atom. The third kappa shape index (κ3) is 11.3. The first-order valence-corrected chi connectivity index (χ1v) is 10.7. The standard InChI is InChI=1S/C23H48O2/c1-9-10-11-12-13-14-15-20(21(2,3)4)23(7,8)25-19-17-22(5,6)16-18-24/h20,24H,9-19H2,1-8H3. The molecule has 0 saturated heterocycles. The molecule has 152 valence electrons. The lowest BCUT2D eigenvalue weighted by Crippen LogP contribution is -2.42. The van der Waals surface area contributed by atoms with Crippen LogP contribution in [0.2, 0.25) is 0 Å². The maximum Gasteiger partial charge on any atom is 0.0659 e. The first-order valence-electron chi connectivity index (χ1n) is 10.7. The third-order valence-corrected chi connectivity index (χ3v) is 5.77. The molecule has 0 radical (unpaired) electrons. The zero-order valence-electron chi connectivity index (χ0n) is 18.7. The molecule has 1 unspecified atom stereocenters. The lowest BCUT2D eigenvalue weighted by atomic mass is 9.69. The molecule has 0 bridgehead atoms. The second-order valence-corrected chi connectivity index (χ2v) is 10.3. The van der Waals surface area contributed by atoms with Crippen LogP contribution < -0.4 is 0 Å². The van der Waals surface area contributed by atoms with Crippen molar-refractivity contribution in [3.63, 3.8) is 0 Å². The van der Waals surface area contributed by atoms with Gasteiger partial charge >= 0.3 is 0 Å². The summed E-state index contributed by atoms with van der Waals surface area (Å²) in [7, 11) is 0. The van der Waals surface area contributed by atoms with Crippen LogP contribution >= 0.6 is 0 Å². The van der Waals surface area contributed by atoms with Gasteiger partial charge in [-0.05, 0) is 49.9 Å². The number of aliphatic hydroxyl groups excluding tert-OH is 1. The van der Waals surface area contributed by atoms with E-state index >= 15 is 0 Å². The molecule has 0 saturated carbocycles. The molecule has 0 spiro atoms. The molecular formula is C23H48O2. The van der Waals surface area contributed by atoms with Crippen LogP contribution in [0.25, 0.3) is 0 Å². The molecule has 2 nitrogen and oxygen atoms in total. The van der Waals surface area contributed by atoms with Crippen LogP contribution in [0.5, 0.6) is 0 Å². The van der Waals surface area contributed by atoms with E-state index in [9.17, 15) is 5.11 Å². The predicted molar refractivity (Wildman–Crippen MR) is 111 cm³/mol. The van der Waals surface area contributed by atoms with Gasteiger partial charge in [-0.25, -0.2) is 0 Å². The van der Waals surface area contributed by atoms with E-state index in [4.69, 9.17) is 4.74 Å². The van der Waals surface area contributed by atoms with E-state index in [1.54, 1.807) is 0 Å². The Labute approximate surface area is 159 Å². The Bertz CT molecular complexity index is 325. The molecule has 25 heavy (non-hydrogen) atoms. The summed E-state index contributed by atoms with van der Waals surface area (Å²) in [5, 5.41) is 9.19. The van der Waals surface area contributed by atoms with Crippen LogP contribution in [0.1, 0.15) is 113 Å². The number of hydrogen-bond donors (Lipinski definition) is 1. The summed E-state index contributed by atoms with van der Waals surface area (Å²) in [5.41, 5.74) is 0.311. The zero-order valence-corrected chi connectivity index (χ0v) is 18.7. The van der Waals surface area contributed by atoms with Gasteiger partial charge < -0.3 is 9.84 Å². The second-order valence-electron chi connectivity index (χ2n) is 10.3. The Kier molecular flexibility index (Phi) is 11.6. The van der Waals surface area contributed by atoms with E-state index in [-0.39, 0.29) is 23.0 Å². The van der Waals surface area contributed by atoms with Gasteiger partial charge in [-0.2, -0.15) is 0 Å². The number of rotatable bonds is 14. The van der Waals surface area contributed by atoms with Gasteiger partial charge in [0.05, 0.1) is 5.60 Å². The van der Waals surface area contributed by atoms with Gasteiger partial charge in [0, 0.05) is 13.2 Å². The van der Waals surface area contributed by atoms with Crippen molar-refractivity contribution >= 4 is 0 Å². The Balaban J connectivity index is 4.52. The fraction of sp³-hybridized carbons (Fsp3) is 1.00. The van der Waals surface area contributed by atoms with Crippen molar-refractivity contribution in [3.8, 4) is 0 Å². The molecule has 0 heterocycles. The molecular weight excluding hydrogens is 308 g/mol. The van der Waals surface area contributed by atoms with Crippen molar-refractivity contribution in [1.29, 1.82) is 0 Å². The summed E-state index contributed by atoms with van der Waals surface area (Å²) < 4.78 is 6.41. The lowest BCUT2D eigenvalue weighted by Gasteiger charge is -2.43. The highest BCUT2D eigenvalue weighted by Crippen LogP contribution is 2.41. The van der Waals surface area contributed by atoms with Crippen molar-refractivity contribution in [2.45, 2.75) is 119 Å². The lowest BCUT2D eigenvalue weighted by molar-refractivity contribution is -0.102. The van der Waals surface area contributed by atoms with Crippen molar-refractivity contribution in [3.05, 3.63) is 0 Å². The number of ether oxygens (including phenoxy) is 1. The molecule has 0 aromatic rings. The normalized spacial score (nSPS) is 14.8. The van der Waals surface area contributed by atoms with Gasteiger partial charge in [0.15, 0.2) is 0 Å². The largest absolute Gasteiger partial charge is 0.396 e. The predicted octanol–water partition coefficient (Wildman–Crippen LogP) is 6.99. The summed E-state index contributed by atoms with van der Waals surface area (Å²) in [6.07, 6.45) is 11.2. The van der Waals surface area contributed by atoms with E-state index in [0.29, 0.717) is 5.92 Å². The van der Waals surface area contributed by atoms with Gasteiger partial charge in [0.1, 0.15) is 0 Å². The van der Waals surface area contributed by atoms with Gasteiger partial charge in [0.2, 0.25) is 0 Å². The van der Waals surface area contributed by atoms with Gasteiger partial charge in [-0.1, -0.05) is 80.1 Å². The SMILES string of the molecule is CCCCCCCCC(C(C)(C)C)C(C)(C)OCCC(C)(C)CCO. The average molecular weight is 357 g/mol. The minimum Gasteiger partial charge on any atom is -0.396 e. The van der Waals surface area contributed by atoms with Crippen LogP contribution in [0.3, 0.4) is 0 Å². The minimum absolute atomic E-state index is 0.100. The smallest absolute Gasteiger partial charge is 0.0659 e. The van der Waals surface area contributed by atoms with Crippen molar-refractivity contribution in [1.82, 2.24) is 0 Å². The number of aliphatic hydroxyl groups is 1. The van der Waals surface area contributed by atoms with Crippen LogP contribution in [0, 0.1) is 16.7 Å². The van der Waals surface area contributed by atoms with Crippen LogP contribution in [0.15, 0.2) is 0 Å². The molecule has 0 aliphatic carbocycles. The van der Waals surface area contributed by atoms with Crippen LogP contribution in [-0.4, -0.2) is 23.9 Å². The Hall–Kier alpha value is -0.0800. The van der Waals surface area contributed by atoms with Crippen molar-refractivity contribution in [2.75, 3.05) is 13.2 Å². The maximum atomic E-state index is 9.19. The molecule has 0 aliphatic rings. The Morgan fingerprint density at radius 3 is 1.88 bits per heavy atom. The fourth-order valence-corrected chi connectivity index (χ4v) is 4.07. The second kappa shape index (κ2) is 11.6. The van der Waals surface area contributed by atoms with E-state index in [2.05, 4.69) is 55.4 Å². The topological polar surface area (TPSA) is 29.5 Å². The van der Waals surface area contributed by atoms with E-state index in [0.717, 1.165) is 19.4 Å². The quantitative estimate of drug-likeness (QED) is 0.340. The number of hydrogen-bond acceptors (Lipinski definition) is 2. The van der Waals surface area contributed by atoms with Crippen molar-refractivity contribution in [2.24, 2.45) is 16.7 Å². The highest BCUT2D eigenvalue weighted by atomic mass is 16.5. The minimum atomic E-state index is -0.100. The molecule has 1 atom stereocenters. The summed E-state index contributed by atoms with van der Waals surface area (Å²) in [6.45, 7) is 19.4. The molecule has 2 heteroatoms. The summed E-state index contributed by atoms with van der Waals surface area (Å²) in [4.78, 5) is 0. The summed E-state index contributed by atoms with van der Waals surface area (Å²) in [5.74, 6) is 0.562. The summed E-state index contributed by atoms with van der Waals surface area (Å²) in [6, 6.07) is 0. The molecule has 0 aromatic heterocycles. The average Bonchev–Trinajstić information content (AvgIpc) is 2.44. The first-order chi connectivity index (χ1) is 11.5. The summed E-state index contributed by atoms with van der Waals surface area (Å²) >= 11 is 0. The molecule has 0 aliphatic heterocycles. The van der Waals surface area contributed by atoms with Gasteiger partial charge in [0.25, 0.3) is 0 Å². The molecule has 0 amide bonds. The van der Waals surface area contributed by atoms with E-state index in [1.807, 2.05) is 0 Å². The Morgan fingerprint density at radius 1 is 0.800 bits per heavy atom. The monoisotopic (exact) mass is 356 g/mol. The van der Waals surface area contributed by atoms with E-state index < -0.39 is 0 Å². The zero-order chi connectivity index (χ0) is 19.6. The molecule has 0 aromatic carbocycles. The van der Waals surface area contributed by atoms with Crippen LogP contribution in [-0.2, 0) is 4.74 Å².